The summed E-state index contributed by atoms with van der Waals surface area (Å²) in [4.78, 5) is 12.5. The highest BCUT2D eigenvalue weighted by atomic mass is 16.5. The van der Waals surface area contributed by atoms with E-state index < -0.39 is 0 Å². The predicted molar refractivity (Wildman–Crippen MR) is 106 cm³/mol. The van der Waals surface area contributed by atoms with Crippen molar-refractivity contribution in [2.45, 2.75) is 13.8 Å². The molecule has 0 saturated heterocycles. The lowest BCUT2D eigenvalue weighted by atomic mass is 10.1. The quantitative estimate of drug-likeness (QED) is 0.626. The Labute approximate surface area is 157 Å². The van der Waals surface area contributed by atoms with Crippen LogP contribution in [0, 0.1) is 13.8 Å². The molecule has 27 heavy (non-hydrogen) atoms. The molecule has 2 amide bonds. The first kappa shape index (κ1) is 18.3. The summed E-state index contributed by atoms with van der Waals surface area (Å²) in [5.74, 6) is 1.21. The number of H-pyrrole nitrogens is 1. The molecule has 0 aliphatic carbocycles. The molecular formula is C20H22N4O3. The van der Waals surface area contributed by atoms with E-state index in [1.165, 1.54) is 0 Å². The number of carbonyl (C=O) groups is 1. The van der Waals surface area contributed by atoms with Crippen LogP contribution in [0.1, 0.15) is 11.3 Å². The van der Waals surface area contributed by atoms with Crippen molar-refractivity contribution in [1.82, 2.24) is 10.2 Å². The SMILES string of the molecule is COc1ccc(-c2n[nH]c(C)c2NC(=O)Nc2ccccc2C)cc1OC. The van der Waals surface area contributed by atoms with E-state index in [9.17, 15) is 4.79 Å². The standard InChI is InChI=1S/C20H22N4O3/c1-12-7-5-6-8-15(12)21-20(25)22-18-13(2)23-24-19(18)14-9-10-16(26-3)17(11-14)27-4/h5-11H,1-4H3,(H,23,24)(H2,21,22,25). The molecular weight excluding hydrogens is 344 g/mol. The molecule has 1 aromatic heterocycles. The Hall–Kier alpha value is -3.48. The van der Waals surface area contributed by atoms with Crippen molar-refractivity contribution >= 4 is 17.4 Å². The van der Waals surface area contributed by atoms with E-state index in [2.05, 4.69) is 20.8 Å². The zero-order valence-electron chi connectivity index (χ0n) is 15.7. The number of ether oxygens (including phenoxy) is 2. The lowest BCUT2D eigenvalue weighted by Gasteiger charge is -2.12. The molecule has 3 rings (SSSR count). The molecule has 0 radical (unpaired) electrons. The number of carbonyl (C=O) groups excluding carboxylic acids is 1. The average molecular weight is 366 g/mol. The fourth-order valence-corrected chi connectivity index (χ4v) is 2.75. The van der Waals surface area contributed by atoms with E-state index in [-0.39, 0.29) is 6.03 Å². The van der Waals surface area contributed by atoms with E-state index >= 15 is 0 Å². The average Bonchev–Trinajstić information content (AvgIpc) is 3.03. The largest absolute Gasteiger partial charge is 0.493 e. The van der Waals surface area contributed by atoms with Gasteiger partial charge in [-0.15, -0.1) is 0 Å². The first-order chi connectivity index (χ1) is 13.0. The molecule has 0 aliphatic rings. The summed E-state index contributed by atoms with van der Waals surface area (Å²) in [5.41, 5.74) is 4.50. The summed E-state index contributed by atoms with van der Waals surface area (Å²) in [5, 5.41) is 13.0. The van der Waals surface area contributed by atoms with Gasteiger partial charge in [0.25, 0.3) is 0 Å². The lowest BCUT2D eigenvalue weighted by Crippen LogP contribution is -2.20. The van der Waals surface area contributed by atoms with Gasteiger partial charge in [-0.3, -0.25) is 5.10 Å². The molecule has 3 aromatic rings. The second-order valence-electron chi connectivity index (χ2n) is 6.04. The summed E-state index contributed by atoms with van der Waals surface area (Å²) in [7, 11) is 3.16. The number of hydrogen-bond acceptors (Lipinski definition) is 4. The number of urea groups is 1. The Morgan fingerprint density at radius 3 is 2.44 bits per heavy atom. The van der Waals surface area contributed by atoms with Gasteiger partial charge in [-0.05, 0) is 43.7 Å². The Bertz CT molecular complexity index is 966. The maximum absolute atomic E-state index is 12.5. The van der Waals surface area contributed by atoms with E-state index in [1.54, 1.807) is 20.3 Å². The molecule has 0 atom stereocenters. The molecule has 2 aromatic carbocycles. The Balaban J connectivity index is 1.87. The van der Waals surface area contributed by atoms with Gasteiger partial charge < -0.3 is 20.1 Å². The number of methoxy groups -OCH3 is 2. The van der Waals surface area contributed by atoms with E-state index in [0.717, 1.165) is 22.5 Å². The van der Waals surface area contributed by atoms with Gasteiger partial charge in [0, 0.05) is 11.3 Å². The molecule has 0 bridgehead atoms. The number of nitrogens with zero attached hydrogens (tertiary/aromatic N) is 1. The van der Waals surface area contributed by atoms with Crippen molar-refractivity contribution in [2.75, 3.05) is 24.9 Å². The maximum Gasteiger partial charge on any atom is 0.323 e. The van der Waals surface area contributed by atoms with Crippen LogP contribution in [0.4, 0.5) is 16.2 Å². The number of rotatable bonds is 5. The van der Waals surface area contributed by atoms with Crippen molar-refractivity contribution < 1.29 is 14.3 Å². The minimum atomic E-state index is -0.337. The van der Waals surface area contributed by atoms with Gasteiger partial charge in [-0.2, -0.15) is 5.10 Å². The second-order valence-corrected chi connectivity index (χ2v) is 6.04. The van der Waals surface area contributed by atoms with Crippen LogP contribution in [-0.4, -0.2) is 30.4 Å². The molecule has 3 N–H and O–H groups in total. The summed E-state index contributed by atoms with van der Waals surface area (Å²) in [6, 6.07) is 12.7. The molecule has 7 heteroatoms. The highest BCUT2D eigenvalue weighted by Crippen LogP contribution is 2.35. The highest BCUT2D eigenvalue weighted by Gasteiger charge is 2.17. The molecule has 1 heterocycles. The van der Waals surface area contributed by atoms with Crippen molar-refractivity contribution in [3.8, 4) is 22.8 Å². The number of hydrogen-bond donors (Lipinski definition) is 3. The number of benzene rings is 2. The van der Waals surface area contributed by atoms with Crippen molar-refractivity contribution in [3.05, 3.63) is 53.7 Å². The zero-order valence-corrected chi connectivity index (χ0v) is 15.7. The normalized spacial score (nSPS) is 10.4. The number of amides is 2. The van der Waals surface area contributed by atoms with Gasteiger partial charge in [0.1, 0.15) is 5.69 Å². The number of nitrogens with one attached hydrogen (secondary N) is 3. The van der Waals surface area contributed by atoms with Gasteiger partial charge in [0.15, 0.2) is 11.5 Å². The third kappa shape index (κ3) is 3.87. The Kier molecular flexibility index (Phi) is 5.30. The molecule has 0 unspecified atom stereocenters. The number of para-hydroxylation sites is 1. The Morgan fingerprint density at radius 2 is 1.74 bits per heavy atom. The third-order valence-corrected chi connectivity index (χ3v) is 4.24. The van der Waals surface area contributed by atoms with Gasteiger partial charge in [-0.1, -0.05) is 18.2 Å². The number of aromatic nitrogens is 2. The van der Waals surface area contributed by atoms with Crippen LogP contribution in [0.25, 0.3) is 11.3 Å². The van der Waals surface area contributed by atoms with Crippen molar-refractivity contribution in [3.63, 3.8) is 0 Å². The minimum absolute atomic E-state index is 0.337. The number of aryl methyl sites for hydroxylation is 2. The smallest absolute Gasteiger partial charge is 0.323 e. The maximum atomic E-state index is 12.5. The van der Waals surface area contributed by atoms with Crippen LogP contribution in [0.5, 0.6) is 11.5 Å². The topological polar surface area (TPSA) is 88.3 Å². The van der Waals surface area contributed by atoms with Crippen LogP contribution in [0.2, 0.25) is 0 Å². The predicted octanol–water partition coefficient (Wildman–Crippen LogP) is 4.35. The highest BCUT2D eigenvalue weighted by molar-refractivity contribution is 6.02. The molecule has 7 nitrogen and oxygen atoms in total. The van der Waals surface area contributed by atoms with Gasteiger partial charge in [0.2, 0.25) is 0 Å². The van der Waals surface area contributed by atoms with Gasteiger partial charge in [-0.25, -0.2) is 4.79 Å². The van der Waals surface area contributed by atoms with Crippen LogP contribution in [-0.2, 0) is 0 Å². The lowest BCUT2D eigenvalue weighted by molar-refractivity contribution is 0.262. The minimum Gasteiger partial charge on any atom is -0.493 e. The van der Waals surface area contributed by atoms with Crippen LogP contribution in [0.3, 0.4) is 0 Å². The van der Waals surface area contributed by atoms with Gasteiger partial charge >= 0.3 is 6.03 Å². The van der Waals surface area contributed by atoms with Gasteiger partial charge in [0.05, 0.1) is 25.6 Å². The number of aromatic amines is 1. The summed E-state index contributed by atoms with van der Waals surface area (Å²) < 4.78 is 10.6. The van der Waals surface area contributed by atoms with Crippen LogP contribution >= 0.6 is 0 Å². The van der Waals surface area contributed by atoms with Crippen LogP contribution in [0.15, 0.2) is 42.5 Å². The third-order valence-electron chi connectivity index (χ3n) is 4.24. The van der Waals surface area contributed by atoms with E-state index in [0.29, 0.717) is 22.9 Å². The molecule has 0 saturated carbocycles. The Morgan fingerprint density at radius 1 is 1.00 bits per heavy atom. The van der Waals surface area contributed by atoms with Crippen molar-refractivity contribution in [2.24, 2.45) is 0 Å². The summed E-state index contributed by atoms with van der Waals surface area (Å²) >= 11 is 0. The zero-order chi connectivity index (χ0) is 19.4. The fraction of sp³-hybridized carbons (Fsp3) is 0.200. The first-order valence-corrected chi connectivity index (χ1v) is 8.44. The monoisotopic (exact) mass is 366 g/mol. The molecule has 0 fully saturated rings. The molecule has 140 valence electrons. The molecule has 0 aliphatic heterocycles. The summed E-state index contributed by atoms with van der Waals surface area (Å²) in [6.45, 7) is 3.79. The van der Waals surface area contributed by atoms with Crippen molar-refractivity contribution in [1.29, 1.82) is 0 Å². The van der Waals surface area contributed by atoms with E-state index in [4.69, 9.17) is 9.47 Å². The van der Waals surface area contributed by atoms with E-state index in [1.807, 2.05) is 50.2 Å². The number of anilines is 2. The second kappa shape index (κ2) is 7.82. The van der Waals surface area contributed by atoms with Crippen LogP contribution < -0.4 is 20.1 Å². The molecule has 0 spiro atoms. The first-order valence-electron chi connectivity index (χ1n) is 8.44. The summed E-state index contributed by atoms with van der Waals surface area (Å²) in [6.07, 6.45) is 0. The fourth-order valence-electron chi connectivity index (χ4n) is 2.75.